The minimum absolute atomic E-state index is 0.0527. The van der Waals surface area contributed by atoms with Gasteiger partial charge >= 0.3 is 0 Å². The minimum Gasteiger partial charge on any atom is -0.392 e. The first kappa shape index (κ1) is 24.7. The zero-order valence-electron chi connectivity index (χ0n) is 20.9. The molecule has 10 heteroatoms. The zero-order valence-corrected chi connectivity index (χ0v) is 20.9. The molecule has 0 aliphatic carbocycles. The van der Waals surface area contributed by atoms with E-state index in [0.717, 1.165) is 28.7 Å². The second-order valence-electron chi connectivity index (χ2n) is 9.62. The van der Waals surface area contributed by atoms with Crippen molar-refractivity contribution in [2.24, 2.45) is 5.73 Å². The Morgan fingerprint density at radius 2 is 1.82 bits per heavy atom. The maximum Gasteiger partial charge on any atom is 0.284 e. The van der Waals surface area contributed by atoms with E-state index in [2.05, 4.69) is 14.9 Å². The van der Waals surface area contributed by atoms with Crippen LogP contribution in [0.25, 0.3) is 33.7 Å². The lowest BCUT2D eigenvalue weighted by Crippen LogP contribution is -2.22. The van der Waals surface area contributed by atoms with Gasteiger partial charge in [0.05, 0.1) is 11.8 Å². The fourth-order valence-corrected chi connectivity index (χ4v) is 5.09. The Hall–Kier alpha value is -4.67. The van der Waals surface area contributed by atoms with Crippen LogP contribution in [0.4, 0.5) is 4.39 Å². The summed E-state index contributed by atoms with van der Waals surface area (Å²) in [6.07, 6.45) is 3.11. The van der Waals surface area contributed by atoms with Gasteiger partial charge in [0.2, 0.25) is 5.91 Å². The first-order chi connectivity index (χ1) is 18.9. The number of fused-ring (bicyclic) bond motifs is 1. The van der Waals surface area contributed by atoms with E-state index in [0.29, 0.717) is 24.3 Å². The lowest BCUT2D eigenvalue weighted by atomic mass is 9.99. The zero-order chi connectivity index (χ0) is 27.1. The van der Waals surface area contributed by atoms with Gasteiger partial charge in [-0.3, -0.25) is 23.6 Å². The van der Waals surface area contributed by atoms with Gasteiger partial charge in [-0.2, -0.15) is 0 Å². The molecule has 2 aromatic heterocycles. The summed E-state index contributed by atoms with van der Waals surface area (Å²) in [7, 11) is 0. The van der Waals surface area contributed by atoms with Gasteiger partial charge in [-0.1, -0.05) is 36.4 Å². The summed E-state index contributed by atoms with van der Waals surface area (Å²) in [5.74, 6) is -1.18. The molecule has 1 fully saturated rings. The second kappa shape index (κ2) is 9.90. The van der Waals surface area contributed by atoms with Gasteiger partial charge in [0.15, 0.2) is 11.2 Å². The van der Waals surface area contributed by atoms with E-state index in [1.54, 1.807) is 36.4 Å². The summed E-state index contributed by atoms with van der Waals surface area (Å²) in [6, 6.07) is 19.0. The summed E-state index contributed by atoms with van der Waals surface area (Å²) >= 11 is 0. The highest BCUT2D eigenvalue weighted by Crippen LogP contribution is 2.28. The van der Waals surface area contributed by atoms with Gasteiger partial charge in [-0.15, -0.1) is 0 Å². The molecule has 3 N–H and O–H groups in total. The molecule has 1 atom stereocenters. The summed E-state index contributed by atoms with van der Waals surface area (Å²) in [5, 5.41) is 9.88. The summed E-state index contributed by atoms with van der Waals surface area (Å²) < 4.78 is 18.2. The topological polar surface area (TPSA) is 119 Å². The third-order valence-electron chi connectivity index (χ3n) is 7.05. The van der Waals surface area contributed by atoms with E-state index in [1.807, 2.05) is 24.3 Å². The summed E-state index contributed by atoms with van der Waals surface area (Å²) in [6.45, 7) is 2.08. The highest BCUT2D eigenvalue weighted by atomic mass is 19.1. The molecule has 5 aromatic rings. The van der Waals surface area contributed by atoms with Crippen LogP contribution in [0.15, 0.2) is 84.2 Å². The Labute approximate surface area is 222 Å². The highest BCUT2D eigenvalue weighted by molar-refractivity contribution is 5.93. The average molecular weight is 525 g/mol. The van der Waals surface area contributed by atoms with E-state index >= 15 is 4.39 Å². The van der Waals surface area contributed by atoms with Crippen molar-refractivity contribution < 1.29 is 14.3 Å². The molecule has 1 saturated heterocycles. The lowest BCUT2D eigenvalue weighted by molar-refractivity contribution is 0.1000. The van der Waals surface area contributed by atoms with E-state index < -0.39 is 17.3 Å². The van der Waals surface area contributed by atoms with Gasteiger partial charge in [-0.25, -0.2) is 14.4 Å². The Bertz CT molecular complexity index is 1780. The van der Waals surface area contributed by atoms with Crippen LogP contribution in [0.2, 0.25) is 0 Å². The van der Waals surface area contributed by atoms with Crippen molar-refractivity contribution in [1.82, 2.24) is 24.0 Å². The standard InChI is InChI=1S/C29H25FN6O3/c30-24-13-18(23-7-2-1-4-20(23)14-34-11-10-22(37)15-34)8-9-25(24)36-17-33-28-26(29(36)39)35(16-32-28)21-6-3-5-19(12-21)27(31)38/h1-9,12-13,16-17,22,37H,10-11,14-15H2,(H2,31,38)/t22-/m1/s1. The van der Waals surface area contributed by atoms with Crippen LogP contribution in [0.5, 0.6) is 0 Å². The number of aliphatic hydroxyl groups is 1. The van der Waals surface area contributed by atoms with Crippen LogP contribution in [0, 0.1) is 5.82 Å². The van der Waals surface area contributed by atoms with Gasteiger partial charge in [0, 0.05) is 30.9 Å². The van der Waals surface area contributed by atoms with E-state index in [9.17, 15) is 14.7 Å². The monoisotopic (exact) mass is 524 g/mol. The van der Waals surface area contributed by atoms with Crippen LogP contribution in [-0.2, 0) is 6.54 Å². The van der Waals surface area contributed by atoms with Gasteiger partial charge in [0.1, 0.15) is 18.5 Å². The van der Waals surface area contributed by atoms with Crippen molar-refractivity contribution in [3.05, 3.63) is 107 Å². The molecule has 0 radical (unpaired) electrons. The fraction of sp³-hybridized carbons (Fsp3) is 0.172. The number of imidazole rings is 1. The van der Waals surface area contributed by atoms with Crippen LogP contribution >= 0.6 is 0 Å². The molecular formula is C29H25FN6O3. The number of β-amino-alcohol motifs (C(OH)–C–C–N with tert-alkyl or cyclic N) is 1. The molecule has 3 heterocycles. The molecule has 6 rings (SSSR count). The van der Waals surface area contributed by atoms with Crippen molar-refractivity contribution in [3.8, 4) is 22.5 Å². The van der Waals surface area contributed by atoms with Crippen molar-refractivity contribution in [2.75, 3.05) is 13.1 Å². The fourth-order valence-electron chi connectivity index (χ4n) is 5.09. The molecule has 1 aliphatic heterocycles. The number of rotatable bonds is 6. The number of benzene rings is 3. The Kier molecular flexibility index (Phi) is 6.26. The Balaban J connectivity index is 1.38. The number of hydrogen-bond acceptors (Lipinski definition) is 6. The molecule has 9 nitrogen and oxygen atoms in total. The third-order valence-corrected chi connectivity index (χ3v) is 7.05. The maximum atomic E-state index is 15.6. The Morgan fingerprint density at radius 3 is 2.56 bits per heavy atom. The number of likely N-dealkylation sites (tertiary alicyclic amines) is 1. The van der Waals surface area contributed by atoms with Crippen LogP contribution in [0.3, 0.4) is 0 Å². The molecule has 0 unspecified atom stereocenters. The molecule has 1 aliphatic rings. The molecule has 39 heavy (non-hydrogen) atoms. The quantitative estimate of drug-likeness (QED) is 0.353. The number of aliphatic hydroxyl groups excluding tert-OH is 1. The average Bonchev–Trinajstić information content (AvgIpc) is 3.56. The normalized spacial score (nSPS) is 15.7. The molecule has 0 spiro atoms. The van der Waals surface area contributed by atoms with Crippen molar-refractivity contribution in [1.29, 1.82) is 0 Å². The molecule has 0 saturated carbocycles. The van der Waals surface area contributed by atoms with Gasteiger partial charge in [0.25, 0.3) is 5.56 Å². The predicted molar refractivity (Wildman–Crippen MR) is 144 cm³/mol. The molecule has 3 aromatic carbocycles. The molecule has 0 bridgehead atoms. The van der Waals surface area contributed by atoms with Crippen LogP contribution in [-0.4, -0.2) is 54.2 Å². The maximum absolute atomic E-state index is 15.6. The number of carbonyl (C=O) groups excluding carboxylic acids is 1. The largest absolute Gasteiger partial charge is 0.392 e. The number of halogens is 1. The van der Waals surface area contributed by atoms with Crippen LogP contribution < -0.4 is 11.3 Å². The van der Waals surface area contributed by atoms with Gasteiger partial charge in [-0.05, 0) is 53.4 Å². The van der Waals surface area contributed by atoms with Crippen molar-refractivity contribution in [3.63, 3.8) is 0 Å². The molecular weight excluding hydrogens is 499 g/mol. The number of hydrogen-bond donors (Lipinski definition) is 2. The van der Waals surface area contributed by atoms with E-state index in [4.69, 9.17) is 5.73 Å². The smallest absolute Gasteiger partial charge is 0.284 e. The first-order valence-corrected chi connectivity index (χ1v) is 12.5. The number of amides is 1. The number of carbonyl (C=O) groups is 1. The van der Waals surface area contributed by atoms with E-state index in [-0.39, 0.29) is 28.5 Å². The first-order valence-electron chi connectivity index (χ1n) is 12.5. The predicted octanol–water partition coefficient (Wildman–Crippen LogP) is 3.04. The number of nitrogens with zero attached hydrogens (tertiary/aromatic N) is 5. The number of aromatic nitrogens is 4. The third kappa shape index (κ3) is 4.60. The Morgan fingerprint density at radius 1 is 1.03 bits per heavy atom. The SMILES string of the molecule is NC(=O)c1cccc(-n2cnc3ncn(-c4ccc(-c5ccccc5CN5CC[C@@H](O)C5)cc4F)c(=O)c32)c1. The number of nitrogens with two attached hydrogens (primary N) is 1. The lowest BCUT2D eigenvalue weighted by Gasteiger charge is -2.18. The van der Waals surface area contributed by atoms with Gasteiger partial charge < -0.3 is 10.8 Å². The minimum atomic E-state index is -0.599. The molecule has 196 valence electrons. The highest BCUT2D eigenvalue weighted by Gasteiger charge is 2.21. The second-order valence-corrected chi connectivity index (χ2v) is 9.62. The van der Waals surface area contributed by atoms with E-state index in [1.165, 1.54) is 23.3 Å². The summed E-state index contributed by atoms with van der Waals surface area (Å²) in [4.78, 5) is 35.9. The van der Waals surface area contributed by atoms with Crippen molar-refractivity contribution >= 4 is 17.1 Å². The number of primary amides is 1. The summed E-state index contributed by atoms with van der Waals surface area (Å²) in [5.41, 5.74) is 8.66. The van der Waals surface area contributed by atoms with Crippen molar-refractivity contribution in [2.45, 2.75) is 19.1 Å². The van der Waals surface area contributed by atoms with Crippen LogP contribution in [0.1, 0.15) is 22.3 Å². The molecule has 1 amide bonds.